The van der Waals surface area contributed by atoms with Crippen LogP contribution in [0.3, 0.4) is 0 Å². The fourth-order valence-corrected chi connectivity index (χ4v) is 1.42. The monoisotopic (exact) mass is 196 g/mol. The molecule has 4 nitrogen and oxygen atoms in total. The van der Waals surface area contributed by atoms with Gasteiger partial charge in [-0.3, -0.25) is 14.5 Å². The van der Waals surface area contributed by atoms with E-state index in [1.54, 1.807) is 0 Å². The van der Waals surface area contributed by atoms with Crippen LogP contribution >= 0.6 is 0 Å². The van der Waals surface area contributed by atoms with Crippen molar-refractivity contribution >= 4 is 11.8 Å². The SMILES string of the molecule is CCCN(C)CCN1C(=O)C=CC1=O. The number of hydrogen-bond acceptors (Lipinski definition) is 3. The van der Waals surface area contributed by atoms with Crippen LogP contribution in [0.25, 0.3) is 0 Å². The molecular formula is C10H16N2O2. The van der Waals surface area contributed by atoms with Gasteiger partial charge in [0.15, 0.2) is 0 Å². The van der Waals surface area contributed by atoms with E-state index in [4.69, 9.17) is 0 Å². The van der Waals surface area contributed by atoms with Gasteiger partial charge < -0.3 is 4.90 Å². The van der Waals surface area contributed by atoms with Crippen molar-refractivity contribution in [3.05, 3.63) is 12.2 Å². The molecule has 0 radical (unpaired) electrons. The fourth-order valence-electron chi connectivity index (χ4n) is 1.42. The van der Waals surface area contributed by atoms with Crippen molar-refractivity contribution in [1.29, 1.82) is 0 Å². The average molecular weight is 196 g/mol. The molecule has 0 saturated carbocycles. The van der Waals surface area contributed by atoms with E-state index >= 15 is 0 Å². The molecule has 2 amide bonds. The highest BCUT2D eigenvalue weighted by atomic mass is 16.2. The molecule has 0 fully saturated rings. The Labute approximate surface area is 84.2 Å². The van der Waals surface area contributed by atoms with E-state index in [0.717, 1.165) is 19.5 Å². The second-order valence-corrected chi connectivity index (χ2v) is 3.46. The standard InChI is InChI=1S/C10H16N2O2/c1-3-6-11(2)7-8-12-9(13)4-5-10(12)14/h4-5H,3,6-8H2,1-2H3. The first-order valence-corrected chi connectivity index (χ1v) is 4.87. The van der Waals surface area contributed by atoms with Crippen LogP contribution in [-0.2, 0) is 9.59 Å². The van der Waals surface area contributed by atoms with E-state index in [-0.39, 0.29) is 11.8 Å². The second kappa shape index (κ2) is 4.91. The minimum absolute atomic E-state index is 0.195. The molecule has 1 aliphatic rings. The normalized spacial score (nSPS) is 16.1. The van der Waals surface area contributed by atoms with Crippen LogP contribution in [0.15, 0.2) is 12.2 Å². The van der Waals surface area contributed by atoms with Crippen molar-refractivity contribution in [3.63, 3.8) is 0 Å². The maximum Gasteiger partial charge on any atom is 0.253 e. The Balaban J connectivity index is 2.31. The van der Waals surface area contributed by atoms with Crippen LogP contribution in [0, 0.1) is 0 Å². The summed E-state index contributed by atoms with van der Waals surface area (Å²) in [5, 5.41) is 0. The zero-order chi connectivity index (χ0) is 10.6. The maximum absolute atomic E-state index is 11.2. The highest BCUT2D eigenvalue weighted by molar-refractivity contribution is 6.12. The summed E-state index contributed by atoms with van der Waals surface area (Å²) in [5.41, 5.74) is 0. The minimum Gasteiger partial charge on any atom is -0.305 e. The van der Waals surface area contributed by atoms with Gasteiger partial charge >= 0.3 is 0 Å². The molecule has 14 heavy (non-hydrogen) atoms. The van der Waals surface area contributed by atoms with Gasteiger partial charge in [0.25, 0.3) is 11.8 Å². The Hall–Kier alpha value is -1.16. The number of hydrogen-bond donors (Lipinski definition) is 0. The first kappa shape index (κ1) is 10.9. The fraction of sp³-hybridized carbons (Fsp3) is 0.600. The molecule has 0 saturated heterocycles. The largest absolute Gasteiger partial charge is 0.305 e. The van der Waals surface area contributed by atoms with Crippen LogP contribution in [-0.4, -0.2) is 48.3 Å². The zero-order valence-corrected chi connectivity index (χ0v) is 8.69. The van der Waals surface area contributed by atoms with Crippen molar-refractivity contribution in [2.45, 2.75) is 13.3 Å². The van der Waals surface area contributed by atoms with E-state index in [1.807, 2.05) is 7.05 Å². The summed E-state index contributed by atoms with van der Waals surface area (Å²) in [6, 6.07) is 0. The maximum atomic E-state index is 11.2. The van der Waals surface area contributed by atoms with Crippen LogP contribution in [0.2, 0.25) is 0 Å². The van der Waals surface area contributed by atoms with Crippen molar-refractivity contribution in [2.24, 2.45) is 0 Å². The van der Waals surface area contributed by atoms with Gasteiger partial charge in [0.2, 0.25) is 0 Å². The number of nitrogens with zero attached hydrogens (tertiary/aromatic N) is 2. The molecule has 4 heteroatoms. The Bertz CT molecular complexity index is 243. The predicted molar refractivity (Wildman–Crippen MR) is 53.6 cm³/mol. The molecular weight excluding hydrogens is 180 g/mol. The summed E-state index contributed by atoms with van der Waals surface area (Å²) in [4.78, 5) is 25.7. The summed E-state index contributed by atoms with van der Waals surface area (Å²) in [7, 11) is 1.99. The lowest BCUT2D eigenvalue weighted by Crippen LogP contribution is -2.37. The summed E-state index contributed by atoms with van der Waals surface area (Å²) < 4.78 is 0. The van der Waals surface area contributed by atoms with Crippen LogP contribution in [0.1, 0.15) is 13.3 Å². The van der Waals surface area contributed by atoms with Gasteiger partial charge in [-0.25, -0.2) is 0 Å². The average Bonchev–Trinajstić information content (AvgIpc) is 2.44. The molecule has 0 bridgehead atoms. The molecule has 0 aliphatic carbocycles. The molecule has 1 rings (SSSR count). The Morgan fingerprint density at radius 2 is 1.79 bits per heavy atom. The number of carbonyl (C=O) groups excluding carboxylic acids is 2. The van der Waals surface area contributed by atoms with Gasteiger partial charge in [0, 0.05) is 25.2 Å². The van der Waals surface area contributed by atoms with Crippen LogP contribution < -0.4 is 0 Å². The van der Waals surface area contributed by atoms with E-state index in [1.165, 1.54) is 17.1 Å². The molecule has 1 aliphatic heterocycles. The van der Waals surface area contributed by atoms with Gasteiger partial charge in [-0.05, 0) is 20.0 Å². The van der Waals surface area contributed by atoms with Gasteiger partial charge in [-0.1, -0.05) is 6.92 Å². The third kappa shape index (κ3) is 2.67. The summed E-state index contributed by atoms with van der Waals surface area (Å²) in [6.45, 7) is 4.32. The van der Waals surface area contributed by atoms with E-state index in [0.29, 0.717) is 6.54 Å². The Kier molecular flexibility index (Phi) is 3.83. The predicted octanol–water partition coefficient (Wildman–Crippen LogP) is 0.253. The van der Waals surface area contributed by atoms with Crippen molar-refractivity contribution < 1.29 is 9.59 Å². The van der Waals surface area contributed by atoms with Crippen molar-refractivity contribution in [2.75, 3.05) is 26.7 Å². The minimum atomic E-state index is -0.195. The smallest absolute Gasteiger partial charge is 0.253 e. The Morgan fingerprint density at radius 1 is 1.21 bits per heavy atom. The number of rotatable bonds is 5. The first-order chi connectivity index (χ1) is 6.65. The summed E-state index contributed by atoms with van der Waals surface area (Å²) in [5.74, 6) is -0.389. The van der Waals surface area contributed by atoms with E-state index < -0.39 is 0 Å². The summed E-state index contributed by atoms with van der Waals surface area (Å²) in [6.07, 6.45) is 3.72. The second-order valence-electron chi connectivity index (χ2n) is 3.46. The Morgan fingerprint density at radius 3 is 2.29 bits per heavy atom. The van der Waals surface area contributed by atoms with Crippen molar-refractivity contribution in [1.82, 2.24) is 9.80 Å². The van der Waals surface area contributed by atoms with Crippen LogP contribution in [0.4, 0.5) is 0 Å². The van der Waals surface area contributed by atoms with Gasteiger partial charge in [-0.15, -0.1) is 0 Å². The zero-order valence-electron chi connectivity index (χ0n) is 8.69. The third-order valence-electron chi connectivity index (χ3n) is 2.21. The van der Waals surface area contributed by atoms with Gasteiger partial charge in [-0.2, -0.15) is 0 Å². The molecule has 0 aromatic carbocycles. The van der Waals surface area contributed by atoms with E-state index in [9.17, 15) is 9.59 Å². The number of amides is 2. The molecule has 78 valence electrons. The molecule has 1 heterocycles. The molecule has 0 unspecified atom stereocenters. The lowest BCUT2D eigenvalue weighted by atomic mass is 10.4. The van der Waals surface area contributed by atoms with Gasteiger partial charge in [0.05, 0.1) is 0 Å². The van der Waals surface area contributed by atoms with E-state index in [2.05, 4.69) is 11.8 Å². The first-order valence-electron chi connectivity index (χ1n) is 4.87. The van der Waals surface area contributed by atoms with Crippen LogP contribution in [0.5, 0.6) is 0 Å². The number of imide groups is 1. The molecule has 0 aromatic rings. The third-order valence-corrected chi connectivity index (χ3v) is 2.21. The lowest BCUT2D eigenvalue weighted by molar-refractivity contribution is -0.136. The topological polar surface area (TPSA) is 40.6 Å². The highest BCUT2D eigenvalue weighted by Gasteiger charge is 2.22. The molecule has 0 atom stereocenters. The molecule has 0 aromatic heterocycles. The number of likely N-dealkylation sites (N-methyl/N-ethyl adjacent to an activating group) is 1. The molecule has 0 N–H and O–H groups in total. The number of carbonyl (C=O) groups is 2. The quantitative estimate of drug-likeness (QED) is 0.592. The molecule has 0 spiro atoms. The van der Waals surface area contributed by atoms with Gasteiger partial charge in [0.1, 0.15) is 0 Å². The summed E-state index contributed by atoms with van der Waals surface area (Å²) >= 11 is 0. The van der Waals surface area contributed by atoms with Crippen molar-refractivity contribution in [3.8, 4) is 0 Å². The highest BCUT2D eigenvalue weighted by Crippen LogP contribution is 2.02. The lowest BCUT2D eigenvalue weighted by Gasteiger charge is -2.19.